The normalized spacial score (nSPS) is 11.1. The molecule has 0 aliphatic rings. The van der Waals surface area contributed by atoms with Gasteiger partial charge in [0.05, 0.1) is 18.3 Å². The highest BCUT2D eigenvalue weighted by molar-refractivity contribution is 7.22. The van der Waals surface area contributed by atoms with Gasteiger partial charge in [-0.1, -0.05) is 18.2 Å². The number of hydrogen-bond donors (Lipinski definition) is 1. The average molecular weight is 272 g/mol. The Morgan fingerprint density at radius 3 is 2.89 bits per heavy atom. The topological polar surface area (TPSA) is 65.2 Å². The van der Waals surface area contributed by atoms with E-state index < -0.39 is 5.97 Å². The number of rotatable bonds is 1. The predicted molar refractivity (Wildman–Crippen MR) is 77.6 cm³/mol. The number of anilines is 1. The number of thiophene rings is 1. The summed E-state index contributed by atoms with van der Waals surface area (Å²) in [6, 6.07) is 5.99. The van der Waals surface area contributed by atoms with Crippen molar-refractivity contribution in [2.75, 3.05) is 12.8 Å². The predicted octanol–water partition coefficient (Wildman–Crippen LogP) is 3.13. The standard InChI is InChI=1S/C14H12N2O2S/c1-7-4-3-5-8-11(7)16-6-9-10(15)13(14(17)18-2)19-12(8)9/h3-6H,15H2,1-2H3. The Kier molecular flexibility index (Phi) is 2.64. The molecule has 96 valence electrons. The van der Waals surface area contributed by atoms with Gasteiger partial charge in [0.15, 0.2) is 0 Å². The number of nitrogens with two attached hydrogens (primary N) is 1. The van der Waals surface area contributed by atoms with Crippen LogP contribution in [0.3, 0.4) is 0 Å². The Bertz CT molecular complexity index is 808. The molecule has 3 aromatic rings. The summed E-state index contributed by atoms with van der Waals surface area (Å²) in [5.41, 5.74) is 8.50. The number of nitrogens with zero attached hydrogens (tertiary/aromatic N) is 1. The summed E-state index contributed by atoms with van der Waals surface area (Å²) in [6.45, 7) is 2.01. The van der Waals surface area contributed by atoms with Gasteiger partial charge in [0.25, 0.3) is 0 Å². The number of pyridine rings is 1. The Hall–Kier alpha value is -2.14. The van der Waals surface area contributed by atoms with Crippen LogP contribution in [0.4, 0.5) is 5.69 Å². The maximum Gasteiger partial charge on any atom is 0.350 e. The van der Waals surface area contributed by atoms with Gasteiger partial charge < -0.3 is 10.5 Å². The summed E-state index contributed by atoms with van der Waals surface area (Å²) in [4.78, 5) is 16.6. The van der Waals surface area contributed by atoms with Gasteiger partial charge in [-0.15, -0.1) is 11.3 Å². The molecule has 0 bridgehead atoms. The number of methoxy groups -OCH3 is 1. The Morgan fingerprint density at radius 2 is 2.16 bits per heavy atom. The fourth-order valence-corrected chi connectivity index (χ4v) is 3.31. The fourth-order valence-electron chi connectivity index (χ4n) is 2.17. The Labute approximate surface area is 113 Å². The van der Waals surface area contributed by atoms with Gasteiger partial charge in [-0.05, 0) is 12.5 Å². The monoisotopic (exact) mass is 272 g/mol. The summed E-state index contributed by atoms with van der Waals surface area (Å²) in [7, 11) is 1.35. The highest BCUT2D eigenvalue weighted by atomic mass is 32.1. The third-order valence-electron chi connectivity index (χ3n) is 3.16. The maximum atomic E-state index is 11.7. The summed E-state index contributed by atoms with van der Waals surface area (Å²) in [6.07, 6.45) is 1.73. The van der Waals surface area contributed by atoms with E-state index in [0.717, 1.165) is 26.6 Å². The van der Waals surface area contributed by atoms with Crippen LogP contribution in [0.5, 0.6) is 0 Å². The molecule has 3 rings (SSSR count). The summed E-state index contributed by atoms with van der Waals surface area (Å²) >= 11 is 1.36. The molecule has 0 unspecified atom stereocenters. The number of benzene rings is 1. The second kappa shape index (κ2) is 4.20. The van der Waals surface area contributed by atoms with E-state index in [-0.39, 0.29) is 0 Å². The smallest absolute Gasteiger partial charge is 0.350 e. The quantitative estimate of drug-likeness (QED) is 0.691. The van der Waals surface area contributed by atoms with Gasteiger partial charge in [0, 0.05) is 21.7 Å². The largest absolute Gasteiger partial charge is 0.465 e. The minimum Gasteiger partial charge on any atom is -0.465 e. The first-order valence-corrected chi connectivity index (χ1v) is 6.59. The summed E-state index contributed by atoms with van der Waals surface area (Å²) < 4.78 is 5.73. The van der Waals surface area contributed by atoms with Crippen molar-refractivity contribution in [2.24, 2.45) is 0 Å². The molecule has 0 amide bonds. The first-order valence-electron chi connectivity index (χ1n) is 5.78. The van der Waals surface area contributed by atoms with Crippen molar-refractivity contribution >= 4 is 44.0 Å². The molecule has 0 saturated heterocycles. The van der Waals surface area contributed by atoms with E-state index in [1.807, 2.05) is 25.1 Å². The second-order valence-corrected chi connectivity index (χ2v) is 5.33. The molecular weight excluding hydrogens is 260 g/mol. The van der Waals surface area contributed by atoms with Crippen LogP contribution < -0.4 is 5.73 Å². The van der Waals surface area contributed by atoms with Crippen LogP contribution in [0.15, 0.2) is 24.4 Å². The molecule has 1 aromatic carbocycles. The molecule has 2 heterocycles. The van der Waals surface area contributed by atoms with E-state index in [1.165, 1.54) is 18.4 Å². The minimum atomic E-state index is -0.403. The van der Waals surface area contributed by atoms with Gasteiger partial charge in [-0.2, -0.15) is 0 Å². The van der Waals surface area contributed by atoms with Gasteiger partial charge in [-0.25, -0.2) is 4.79 Å². The third-order valence-corrected chi connectivity index (χ3v) is 4.39. The number of nitrogen functional groups attached to an aromatic ring is 1. The Morgan fingerprint density at radius 1 is 1.37 bits per heavy atom. The van der Waals surface area contributed by atoms with E-state index in [9.17, 15) is 4.79 Å². The van der Waals surface area contributed by atoms with Crippen molar-refractivity contribution in [3.05, 3.63) is 34.8 Å². The highest BCUT2D eigenvalue weighted by Crippen LogP contribution is 2.38. The zero-order valence-electron chi connectivity index (χ0n) is 10.6. The molecule has 19 heavy (non-hydrogen) atoms. The Balaban J connectivity index is 2.44. The number of aryl methyl sites for hydroxylation is 1. The molecule has 2 N–H and O–H groups in total. The van der Waals surface area contributed by atoms with E-state index in [4.69, 9.17) is 10.5 Å². The van der Waals surface area contributed by atoms with Gasteiger partial charge in [0.2, 0.25) is 0 Å². The molecule has 2 aromatic heterocycles. The lowest BCUT2D eigenvalue weighted by molar-refractivity contribution is 0.0607. The molecule has 5 heteroatoms. The van der Waals surface area contributed by atoms with E-state index in [0.29, 0.717) is 10.6 Å². The fraction of sp³-hybridized carbons (Fsp3) is 0.143. The van der Waals surface area contributed by atoms with Crippen molar-refractivity contribution in [1.29, 1.82) is 0 Å². The van der Waals surface area contributed by atoms with Crippen LogP contribution in [-0.2, 0) is 4.74 Å². The zero-order chi connectivity index (χ0) is 13.6. The molecule has 0 atom stereocenters. The zero-order valence-corrected chi connectivity index (χ0v) is 11.4. The van der Waals surface area contributed by atoms with Crippen LogP contribution in [0.25, 0.3) is 21.0 Å². The van der Waals surface area contributed by atoms with Crippen LogP contribution in [0.2, 0.25) is 0 Å². The van der Waals surface area contributed by atoms with Gasteiger partial charge in [0.1, 0.15) is 4.88 Å². The van der Waals surface area contributed by atoms with Gasteiger partial charge >= 0.3 is 5.97 Å². The lowest BCUT2D eigenvalue weighted by atomic mass is 10.1. The molecule has 4 nitrogen and oxygen atoms in total. The number of hydrogen-bond acceptors (Lipinski definition) is 5. The SMILES string of the molecule is COC(=O)c1sc2c(cnc3c(C)cccc32)c1N. The van der Waals surface area contributed by atoms with Crippen molar-refractivity contribution in [1.82, 2.24) is 4.98 Å². The van der Waals surface area contributed by atoms with Crippen LogP contribution in [0.1, 0.15) is 15.2 Å². The third kappa shape index (κ3) is 1.66. The minimum absolute atomic E-state index is 0.403. The number of carbonyl (C=O) groups excluding carboxylic acids is 1. The average Bonchev–Trinajstić information content (AvgIpc) is 2.76. The van der Waals surface area contributed by atoms with Crippen molar-refractivity contribution in [3.8, 4) is 0 Å². The number of esters is 1. The molecule has 0 saturated carbocycles. The molecule has 0 radical (unpaired) electrons. The number of aromatic nitrogens is 1. The lowest BCUT2D eigenvalue weighted by Gasteiger charge is -2.01. The first-order chi connectivity index (χ1) is 9.13. The number of carbonyl (C=O) groups is 1. The molecular formula is C14H12N2O2S. The van der Waals surface area contributed by atoms with Crippen molar-refractivity contribution in [3.63, 3.8) is 0 Å². The van der Waals surface area contributed by atoms with Gasteiger partial charge in [-0.3, -0.25) is 4.98 Å². The van der Waals surface area contributed by atoms with Crippen molar-refractivity contribution in [2.45, 2.75) is 6.92 Å². The van der Waals surface area contributed by atoms with Crippen LogP contribution >= 0.6 is 11.3 Å². The number of para-hydroxylation sites is 1. The molecule has 0 aliphatic heterocycles. The molecule has 0 spiro atoms. The van der Waals surface area contributed by atoms with Crippen molar-refractivity contribution < 1.29 is 9.53 Å². The highest BCUT2D eigenvalue weighted by Gasteiger charge is 2.18. The maximum absolute atomic E-state index is 11.7. The van der Waals surface area contributed by atoms with Crippen LogP contribution in [0, 0.1) is 6.92 Å². The van der Waals surface area contributed by atoms with E-state index >= 15 is 0 Å². The molecule has 0 fully saturated rings. The summed E-state index contributed by atoms with van der Waals surface area (Å²) in [5.74, 6) is -0.403. The van der Waals surface area contributed by atoms with E-state index in [1.54, 1.807) is 6.20 Å². The number of fused-ring (bicyclic) bond motifs is 3. The summed E-state index contributed by atoms with van der Waals surface area (Å²) in [5, 5.41) is 1.83. The lowest BCUT2D eigenvalue weighted by Crippen LogP contribution is -2.01. The molecule has 0 aliphatic carbocycles. The van der Waals surface area contributed by atoms with E-state index in [2.05, 4.69) is 4.98 Å². The first kappa shape index (κ1) is 11.9. The second-order valence-electron chi connectivity index (χ2n) is 4.31. The van der Waals surface area contributed by atoms with Crippen LogP contribution in [-0.4, -0.2) is 18.1 Å². The number of ether oxygens (including phenoxy) is 1.